The molecule has 0 aliphatic rings. The molecular weight excluding hydrogens is 330 g/mol. The minimum Gasteiger partial charge on any atom is -0.482 e. The number of esters is 1. The lowest BCUT2D eigenvalue weighted by Gasteiger charge is -2.15. The maximum absolute atomic E-state index is 12.2. The number of ether oxygens (including phenoxy) is 2. The highest BCUT2D eigenvalue weighted by Crippen LogP contribution is 2.17. The van der Waals surface area contributed by atoms with Gasteiger partial charge in [0, 0.05) is 5.69 Å². The third kappa shape index (κ3) is 5.34. The third-order valence-corrected chi connectivity index (χ3v) is 4.15. The summed E-state index contributed by atoms with van der Waals surface area (Å²) in [5.74, 6) is -0.375. The molecule has 0 fully saturated rings. The summed E-state index contributed by atoms with van der Waals surface area (Å²) < 4.78 is 10.6. The van der Waals surface area contributed by atoms with Crippen LogP contribution in [0.2, 0.25) is 0 Å². The molecule has 1 unspecified atom stereocenters. The first-order valence-corrected chi connectivity index (χ1v) is 8.54. The topological polar surface area (TPSA) is 64.6 Å². The fourth-order valence-electron chi connectivity index (χ4n) is 2.42. The van der Waals surface area contributed by atoms with E-state index in [0.717, 1.165) is 22.3 Å². The Labute approximate surface area is 154 Å². The number of hydrogen-bond acceptors (Lipinski definition) is 4. The predicted octanol–water partition coefficient (Wildman–Crippen LogP) is 3.87. The van der Waals surface area contributed by atoms with Crippen molar-refractivity contribution in [2.75, 3.05) is 11.9 Å². The average molecular weight is 355 g/mol. The van der Waals surface area contributed by atoms with Gasteiger partial charge in [-0.05, 0) is 69.5 Å². The molecule has 2 aromatic rings. The maximum Gasteiger partial charge on any atom is 0.344 e. The summed E-state index contributed by atoms with van der Waals surface area (Å²) in [6.07, 6.45) is -0.911. The third-order valence-electron chi connectivity index (χ3n) is 4.15. The number of amides is 1. The van der Waals surface area contributed by atoms with E-state index in [0.29, 0.717) is 11.4 Å². The van der Waals surface area contributed by atoms with Crippen LogP contribution in [-0.4, -0.2) is 24.6 Å². The Morgan fingerprint density at radius 3 is 2.35 bits per heavy atom. The van der Waals surface area contributed by atoms with Gasteiger partial charge < -0.3 is 14.8 Å². The summed E-state index contributed by atoms with van der Waals surface area (Å²) in [6.45, 7) is 9.16. The van der Waals surface area contributed by atoms with Gasteiger partial charge in [-0.25, -0.2) is 4.79 Å². The van der Waals surface area contributed by atoms with Crippen LogP contribution in [0.5, 0.6) is 5.75 Å². The fraction of sp³-hybridized carbons (Fsp3) is 0.333. The number of anilines is 1. The van der Waals surface area contributed by atoms with Crippen molar-refractivity contribution in [1.82, 2.24) is 0 Å². The molecule has 0 aliphatic carbocycles. The van der Waals surface area contributed by atoms with Crippen LogP contribution < -0.4 is 10.1 Å². The molecule has 5 heteroatoms. The van der Waals surface area contributed by atoms with Gasteiger partial charge in [0.2, 0.25) is 0 Å². The molecule has 0 radical (unpaired) electrons. The minimum atomic E-state index is -0.911. The smallest absolute Gasteiger partial charge is 0.344 e. The molecular formula is C21H25NO4. The van der Waals surface area contributed by atoms with Crippen molar-refractivity contribution >= 4 is 17.6 Å². The van der Waals surface area contributed by atoms with Crippen LogP contribution in [0.4, 0.5) is 5.69 Å². The predicted molar refractivity (Wildman–Crippen MR) is 102 cm³/mol. The first kappa shape index (κ1) is 19.5. The number of nitrogens with one attached hydrogen (secondary N) is 1. The first-order chi connectivity index (χ1) is 12.3. The van der Waals surface area contributed by atoms with E-state index >= 15 is 0 Å². The Balaban J connectivity index is 1.85. The molecule has 5 nitrogen and oxygen atoms in total. The van der Waals surface area contributed by atoms with Crippen molar-refractivity contribution in [3.05, 3.63) is 58.7 Å². The molecule has 0 spiro atoms. The van der Waals surface area contributed by atoms with E-state index in [4.69, 9.17) is 9.47 Å². The Morgan fingerprint density at radius 1 is 0.962 bits per heavy atom. The molecule has 26 heavy (non-hydrogen) atoms. The van der Waals surface area contributed by atoms with Gasteiger partial charge in [0.05, 0.1) is 0 Å². The summed E-state index contributed by atoms with van der Waals surface area (Å²) in [6, 6.07) is 11.3. The van der Waals surface area contributed by atoms with Crippen molar-refractivity contribution in [2.45, 2.75) is 40.7 Å². The summed E-state index contributed by atoms with van der Waals surface area (Å²) in [5.41, 5.74) is 5.00. The number of benzene rings is 2. The quantitative estimate of drug-likeness (QED) is 0.799. The molecule has 0 saturated carbocycles. The Kier molecular flexibility index (Phi) is 6.39. The zero-order valence-corrected chi connectivity index (χ0v) is 15.9. The van der Waals surface area contributed by atoms with Crippen LogP contribution >= 0.6 is 0 Å². The van der Waals surface area contributed by atoms with Gasteiger partial charge in [0.25, 0.3) is 5.91 Å². The number of carbonyl (C=O) groups excluding carboxylic acids is 2. The van der Waals surface area contributed by atoms with Crippen LogP contribution in [-0.2, 0) is 14.3 Å². The van der Waals surface area contributed by atoms with E-state index in [-0.39, 0.29) is 12.5 Å². The monoisotopic (exact) mass is 355 g/mol. The maximum atomic E-state index is 12.2. The highest BCUT2D eigenvalue weighted by atomic mass is 16.6. The van der Waals surface area contributed by atoms with Gasteiger partial charge in [-0.2, -0.15) is 0 Å². The van der Waals surface area contributed by atoms with E-state index in [2.05, 4.69) is 5.32 Å². The molecule has 1 atom stereocenters. The molecule has 0 aliphatic heterocycles. The van der Waals surface area contributed by atoms with Gasteiger partial charge in [0.15, 0.2) is 12.7 Å². The molecule has 2 rings (SSSR count). The van der Waals surface area contributed by atoms with Gasteiger partial charge in [0.1, 0.15) is 5.75 Å². The zero-order valence-electron chi connectivity index (χ0n) is 15.9. The van der Waals surface area contributed by atoms with Crippen molar-refractivity contribution in [2.24, 2.45) is 0 Å². The highest BCUT2D eigenvalue weighted by Gasteiger charge is 2.19. The van der Waals surface area contributed by atoms with Gasteiger partial charge >= 0.3 is 5.97 Å². The second kappa shape index (κ2) is 8.52. The van der Waals surface area contributed by atoms with E-state index in [9.17, 15) is 9.59 Å². The van der Waals surface area contributed by atoms with Gasteiger partial charge in [-0.1, -0.05) is 23.8 Å². The molecule has 1 amide bonds. The number of aryl methyl sites for hydroxylation is 4. The highest BCUT2D eigenvalue weighted by molar-refractivity contribution is 5.95. The number of rotatable bonds is 6. The Hall–Kier alpha value is -2.82. The fourth-order valence-corrected chi connectivity index (χ4v) is 2.42. The van der Waals surface area contributed by atoms with Crippen molar-refractivity contribution in [3.8, 4) is 5.75 Å². The van der Waals surface area contributed by atoms with Crippen LogP contribution in [0.15, 0.2) is 36.4 Å². The Morgan fingerprint density at radius 2 is 1.69 bits per heavy atom. The van der Waals surface area contributed by atoms with Crippen molar-refractivity contribution in [1.29, 1.82) is 0 Å². The SMILES string of the molecule is Cc1ccc(NC(=O)C(C)OC(=O)COc2ccc(C)c(C)c2)c(C)c1. The summed E-state index contributed by atoms with van der Waals surface area (Å²) in [4.78, 5) is 24.1. The normalized spacial score (nSPS) is 11.6. The standard InChI is InChI=1S/C21H25NO4/c1-13-6-9-19(16(4)10-13)22-21(24)17(5)26-20(23)12-25-18-8-7-14(2)15(3)11-18/h6-11,17H,12H2,1-5H3,(H,22,24). The summed E-state index contributed by atoms with van der Waals surface area (Å²) in [7, 11) is 0. The van der Waals surface area contributed by atoms with Crippen LogP contribution in [0.3, 0.4) is 0 Å². The van der Waals surface area contributed by atoms with E-state index in [1.165, 1.54) is 6.92 Å². The molecule has 0 aromatic heterocycles. The van der Waals surface area contributed by atoms with Crippen molar-refractivity contribution in [3.63, 3.8) is 0 Å². The van der Waals surface area contributed by atoms with Gasteiger partial charge in [-0.3, -0.25) is 4.79 Å². The van der Waals surface area contributed by atoms with Crippen molar-refractivity contribution < 1.29 is 19.1 Å². The largest absolute Gasteiger partial charge is 0.482 e. The molecule has 2 aromatic carbocycles. The number of carbonyl (C=O) groups is 2. The molecule has 0 bridgehead atoms. The zero-order chi connectivity index (χ0) is 19.3. The minimum absolute atomic E-state index is 0.246. The lowest BCUT2D eigenvalue weighted by atomic mass is 10.1. The van der Waals surface area contributed by atoms with E-state index in [1.807, 2.05) is 58.0 Å². The second-order valence-electron chi connectivity index (χ2n) is 6.47. The lowest BCUT2D eigenvalue weighted by molar-refractivity contribution is -0.155. The number of hydrogen-bond donors (Lipinski definition) is 1. The molecule has 138 valence electrons. The van der Waals surface area contributed by atoms with Crippen LogP contribution in [0.25, 0.3) is 0 Å². The second-order valence-corrected chi connectivity index (χ2v) is 6.47. The molecule has 0 saturated heterocycles. The summed E-state index contributed by atoms with van der Waals surface area (Å²) in [5, 5.41) is 2.77. The van der Waals surface area contributed by atoms with Gasteiger partial charge in [-0.15, -0.1) is 0 Å². The van der Waals surface area contributed by atoms with Crippen LogP contribution in [0, 0.1) is 27.7 Å². The molecule has 1 N–H and O–H groups in total. The molecule has 0 heterocycles. The lowest BCUT2D eigenvalue weighted by Crippen LogP contribution is -2.31. The van der Waals surface area contributed by atoms with E-state index < -0.39 is 12.1 Å². The first-order valence-electron chi connectivity index (χ1n) is 8.54. The average Bonchev–Trinajstić information content (AvgIpc) is 2.58. The van der Waals surface area contributed by atoms with E-state index in [1.54, 1.807) is 6.07 Å². The van der Waals surface area contributed by atoms with Crippen LogP contribution in [0.1, 0.15) is 29.2 Å². The Bertz CT molecular complexity index is 814. The summed E-state index contributed by atoms with van der Waals surface area (Å²) >= 11 is 0.